The number of esters is 1. The Morgan fingerprint density at radius 3 is 2.00 bits per heavy atom. The van der Waals surface area contributed by atoms with Crippen LogP contribution in [0.25, 0.3) is 0 Å². The molecule has 0 aromatic carbocycles. The highest BCUT2D eigenvalue weighted by Gasteiger charge is 2.70. The zero-order valence-electron chi connectivity index (χ0n) is 39.5. The van der Waals surface area contributed by atoms with Crippen molar-refractivity contribution in [1.29, 1.82) is 0 Å². The summed E-state index contributed by atoms with van der Waals surface area (Å²) in [5.74, 6) is -0.273. The van der Waals surface area contributed by atoms with E-state index in [1.807, 2.05) is 6.92 Å². The van der Waals surface area contributed by atoms with Gasteiger partial charge < -0.3 is 84.6 Å². The highest BCUT2D eigenvalue weighted by molar-refractivity contribution is 5.79. The molecule has 0 radical (unpaired) electrons. The summed E-state index contributed by atoms with van der Waals surface area (Å²) in [6.45, 7) is 13.7. The van der Waals surface area contributed by atoms with E-state index in [0.29, 0.717) is 25.2 Å². The average molecular weight is 943 g/mol. The second-order valence-electron chi connectivity index (χ2n) is 23.3. The maximum absolute atomic E-state index is 15.0. The number of hydrogen-bond donors (Lipinski definition) is 11. The van der Waals surface area contributed by atoms with Gasteiger partial charge in [-0.25, -0.2) is 0 Å². The third kappa shape index (κ3) is 7.87. The Morgan fingerprint density at radius 2 is 1.32 bits per heavy atom. The fourth-order valence-electron chi connectivity index (χ4n) is 14.8. The highest BCUT2D eigenvalue weighted by atomic mass is 16.8. The number of carbonyl (C=O) groups excluding carboxylic acids is 1. The number of ether oxygens (including phenoxy) is 6. The molecule has 2 unspecified atom stereocenters. The van der Waals surface area contributed by atoms with Gasteiger partial charge in [-0.2, -0.15) is 0 Å². The van der Waals surface area contributed by atoms with Gasteiger partial charge in [0, 0.05) is 5.41 Å². The normalized spacial score (nSPS) is 54.8. The highest BCUT2D eigenvalue weighted by Crippen LogP contribution is 2.76. The molecule has 0 spiro atoms. The van der Waals surface area contributed by atoms with Crippen molar-refractivity contribution in [3.8, 4) is 0 Å². The van der Waals surface area contributed by atoms with E-state index in [9.17, 15) is 61.0 Å². The standard InChI is InChI=1S/C48H78O18/c1-22-30(52)32(54)35(57)40(62-22)65-38-25(19-49)63-39(37(59)34(38)56)61-20-26-31(53)33(55)36(58)41(64-26)66-42(60)48-16-14-43(2,3)18-24(48)23-8-9-28-44(4)12-11-29(51)45(5,21-50)27(44)10-13-47(28,7)46(23,6)15-17-48/h8,22,24-41,49-59H,9-21H2,1-7H3/t22-,24-,25+,26+,27?,28?,29-,30-,31+,32+,33-,34+,35+,36+,37+,38+,39+,40-,41-,44-,45-,46+,47+,48-/m0/s1. The first kappa shape index (κ1) is 50.9. The van der Waals surface area contributed by atoms with Crippen LogP contribution in [0.4, 0.5) is 0 Å². The summed E-state index contributed by atoms with van der Waals surface area (Å²) in [7, 11) is 0. The molecule has 11 N–H and O–H groups in total. The van der Waals surface area contributed by atoms with Gasteiger partial charge in [0.15, 0.2) is 12.6 Å². The second kappa shape index (κ2) is 18.0. The maximum Gasteiger partial charge on any atom is 0.315 e. The Morgan fingerprint density at radius 1 is 0.682 bits per heavy atom. The fraction of sp³-hybridized carbons (Fsp3) is 0.938. The summed E-state index contributed by atoms with van der Waals surface area (Å²) < 4.78 is 34.7. The zero-order valence-corrected chi connectivity index (χ0v) is 39.5. The summed E-state index contributed by atoms with van der Waals surface area (Å²) in [5, 5.41) is 118. The van der Waals surface area contributed by atoms with Crippen LogP contribution in [-0.4, -0.2) is 180 Å². The maximum atomic E-state index is 15.0. The molecule has 4 saturated carbocycles. The number of fused-ring (bicyclic) bond motifs is 7. The lowest BCUT2D eigenvalue weighted by molar-refractivity contribution is -0.361. The van der Waals surface area contributed by atoms with Crippen LogP contribution in [0.15, 0.2) is 11.6 Å². The van der Waals surface area contributed by atoms with E-state index in [2.05, 4.69) is 40.7 Å². The van der Waals surface area contributed by atoms with Gasteiger partial charge in [0.1, 0.15) is 67.1 Å². The minimum absolute atomic E-state index is 0.0599. The number of aliphatic hydroxyl groups excluding tert-OH is 11. The molecular weight excluding hydrogens is 865 g/mol. The molecule has 24 atom stereocenters. The zero-order chi connectivity index (χ0) is 48.3. The van der Waals surface area contributed by atoms with Crippen LogP contribution in [0.3, 0.4) is 0 Å². The van der Waals surface area contributed by atoms with Crippen LogP contribution in [-0.2, 0) is 33.2 Å². The van der Waals surface area contributed by atoms with E-state index in [-0.39, 0.29) is 40.1 Å². The molecule has 7 fully saturated rings. The molecule has 0 aromatic rings. The number of carbonyl (C=O) groups is 1. The summed E-state index contributed by atoms with van der Waals surface area (Å²) in [4.78, 5) is 15.0. The van der Waals surface area contributed by atoms with E-state index in [4.69, 9.17) is 28.4 Å². The van der Waals surface area contributed by atoms with E-state index >= 15 is 0 Å². The predicted octanol–water partition coefficient (Wildman–Crippen LogP) is 0.141. The molecule has 3 saturated heterocycles. The fourth-order valence-corrected chi connectivity index (χ4v) is 14.8. The molecule has 8 aliphatic rings. The minimum atomic E-state index is -1.85. The van der Waals surface area contributed by atoms with Crippen LogP contribution >= 0.6 is 0 Å². The Bertz CT molecular complexity index is 1800. The average Bonchev–Trinajstić information content (AvgIpc) is 3.27. The van der Waals surface area contributed by atoms with E-state index < -0.39 is 128 Å². The van der Waals surface area contributed by atoms with Crippen LogP contribution in [0.5, 0.6) is 0 Å². The van der Waals surface area contributed by atoms with Gasteiger partial charge in [-0.3, -0.25) is 4.79 Å². The van der Waals surface area contributed by atoms with Gasteiger partial charge >= 0.3 is 5.97 Å². The molecule has 5 aliphatic carbocycles. The molecule has 378 valence electrons. The van der Waals surface area contributed by atoms with Crippen molar-refractivity contribution in [2.75, 3.05) is 19.8 Å². The lowest BCUT2D eigenvalue weighted by Gasteiger charge is -2.71. The van der Waals surface area contributed by atoms with E-state index in [1.165, 1.54) is 12.5 Å². The van der Waals surface area contributed by atoms with Crippen molar-refractivity contribution in [3.63, 3.8) is 0 Å². The molecule has 8 rings (SSSR count). The van der Waals surface area contributed by atoms with Crippen molar-refractivity contribution >= 4 is 5.97 Å². The molecule has 0 bridgehead atoms. The summed E-state index contributed by atoms with van der Waals surface area (Å²) in [6, 6.07) is 0. The van der Waals surface area contributed by atoms with Crippen molar-refractivity contribution in [3.05, 3.63) is 11.6 Å². The van der Waals surface area contributed by atoms with Crippen molar-refractivity contribution in [2.45, 2.75) is 211 Å². The SMILES string of the molecule is C[C@@H]1O[C@@H](O[C@H]2[C@H](O)[C@@H](O)[C@H](OC[C@H]3O[C@@H](OC(=O)[C@]45CCC(C)(C)C[C@H]4C4=CCC6[C@@]7(C)CC[C@H](O)[C@@](C)(CO)C7CC[C@@]6(C)[C@]4(C)CC5)[C@H](O)[C@@H](O)[C@@H]3O)O[C@@H]2CO)[C@H](O)[C@H](O)[C@H]1O. The first-order valence-corrected chi connectivity index (χ1v) is 24.3. The molecule has 0 amide bonds. The first-order valence-electron chi connectivity index (χ1n) is 24.3. The number of allylic oxidation sites excluding steroid dienone is 2. The molecule has 18 heteroatoms. The van der Waals surface area contributed by atoms with Gasteiger partial charge in [-0.15, -0.1) is 0 Å². The Hall–Kier alpha value is -1.43. The lowest BCUT2D eigenvalue weighted by Crippen LogP contribution is -2.66. The molecule has 18 nitrogen and oxygen atoms in total. The summed E-state index contributed by atoms with van der Waals surface area (Å²) >= 11 is 0. The molecule has 66 heavy (non-hydrogen) atoms. The minimum Gasteiger partial charge on any atom is -0.432 e. The number of hydrogen-bond acceptors (Lipinski definition) is 18. The largest absolute Gasteiger partial charge is 0.432 e. The number of aliphatic hydroxyl groups is 11. The smallest absolute Gasteiger partial charge is 0.315 e. The molecule has 3 aliphatic heterocycles. The summed E-state index contributed by atoms with van der Waals surface area (Å²) in [5.41, 5.74) is -0.838. The monoisotopic (exact) mass is 943 g/mol. The molecule has 3 heterocycles. The Labute approximate surface area is 387 Å². The van der Waals surface area contributed by atoms with Crippen molar-refractivity contribution < 1.29 is 89.4 Å². The van der Waals surface area contributed by atoms with Crippen LogP contribution < -0.4 is 0 Å². The Balaban J connectivity index is 0.976. The molecular formula is C48H78O18. The van der Waals surface area contributed by atoms with Gasteiger partial charge in [0.05, 0.1) is 37.4 Å². The van der Waals surface area contributed by atoms with Gasteiger partial charge in [0.25, 0.3) is 0 Å². The van der Waals surface area contributed by atoms with E-state index in [0.717, 1.165) is 44.9 Å². The number of rotatable bonds is 9. The van der Waals surface area contributed by atoms with Crippen LogP contribution in [0.2, 0.25) is 0 Å². The van der Waals surface area contributed by atoms with Crippen LogP contribution in [0.1, 0.15) is 113 Å². The van der Waals surface area contributed by atoms with Gasteiger partial charge in [-0.1, -0.05) is 53.2 Å². The lowest BCUT2D eigenvalue weighted by atomic mass is 9.33. The third-order valence-electron chi connectivity index (χ3n) is 19.4. The van der Waals surface area contributed by atoms with Gasteiger partial charge in [0.2, 0.25) is 6.29 Å². The van der Waals surface area contributed by atoms with Crippen LogP contribution in [0, 0.1) is 50.2 Å². The van der Waals surface area contributed by atoms with E-state index in [1.54, 1.807) is 0 Å². The second-order valence-corrected chi connectivity index (χ2v) is 23.3. The van der Waals surface area contributed by atoms with Crippen molar-refractivity contribution in [1.82, 2.24) is 0 Å². The quantitative estimate of drug-likeness (QED) is 0.108. The molecule has 0 aromatic heterocycles. The summed E-state index contributed by atoms with van der Waals surface area (Å²) in [6.07, 6.45) is -14.9. The van der Waals surface area contributed by atoms with Gasteiger partial charge in [-0.05, 0) is 111 Å². The van der Waals surface area contributed by atoms with Crippen molar-refractivity contribution in [2.24, 2.45) is 50.2 Å². The predicted molar refractivity (Wildman–Crippen MR) is 230 cm³/mol. The third-order valence-corrected chi connectivity index (χ3v) is 19.4. The Kier molecular flexibility index (Phi) is 13.9. The topological polar surface area (TPSA) is 295 Å². The first-order chi connectivity index (χ1) is 30.8.